The number of unbranched alkanes of at least 4 members (excludes halogenated alkanes) is 40. The Kier molecular flexibility index (Phi) is 50.7. The van der Waals surface area contributed by atoms with Crippen molar-refractivity contribution in [3.05, 3.63) is 12.2 Å². The van der Waals surface area contributed by atoms with Gasteiger partial charge < -0.3 is 18.9 Å². The summed E-state index contributed by atoms with van der Waals surface area (Å²) in [6.07, 6.45) is 60.6. The number of rotatable bonds is 56. The maximum atomic E-state index is 12.7. The van der Waals surface area contributed by atoms with Crippen LogP contribution in [0.15, 0.2) is 12.2 Å². The zero-order chi connectivity index (χ0) is 50.6. The molecule has 0 saturated heterocycles. The van der Waals surface area contributed by atoms with Crippen molar-refractivity contribution in [1.29, 1.82) is 0 Å². The second-order valence-corrected chi connectivity index (χ2v) is 23.2. The molecule has 10 heteroatoms. The van der Waals surface area contributed by atoms with Crippen LogP contribution in [-0.4, -0.2) is 74.9 Å². The number of phosphoric ester groups is 1. The molecular formula is C59H117NO8P+. The molecule has 9 nitrogen and oxygen atoms in total. The molecule has 69 heavy (non-hydrogen) atoms. The number of phosphoric acid groups is 1. The molecule has 0 aliphatic carbocycles. The largest absolute Gasteiger partial charge is 0.472 e. The highest BCUT2D eigenvalue weighted by Gasteiger charge is 2.27. The van der Waals surface area contributed by atoms with Crippen LogP contribution >= 0.6 is 7.82 Å². The molecular weight excluding hydrogens is 882 g/mol. The van der Waals surface area contributed by atoms with Crippen LogP contribution in [0.3, 0.4) is 0 Å². The van der Waals surface area contributed by atoms with E-state index in [-0.39, 0.29) is 25.6 Å². The molecule has 0 heterocycles. The number of quaternary nitrogens is 1. The zero-order valence-corrected chi connectivity index (χ0v) is 47.5. The summed E-state index contributed by atoms with van der Waals surface area (Å²) in [6.45, 7) is 4.44. The Morgan fingerprint density at radius 2 is 0.739 bits per heavy atom. The Morgan fingerprint density at radius 1 is 0.435 bits per heavy atom. The summed E-state index contributed by atoms with van der Waals surface area (Å²) < 4.78 is 34.4. The Balaban J connectivity index is 3.79. The van der Waals surface area contributed by atoms with Gasteiger partial charge in [0.25, 0.3) is 0 Å². The first-order valence-electron chi connectivity index (χ1n) is 29.9. The topological polar surface area (TPSA) is 108 Å². The van der Waals surface area contributed by atoms with E-state index in [9.17, 15) is 19.0 Å². The molecule has 0 spiro atoms. The first-order valence-corrected chi connectivity index (χ1v) is 31.4. The smallest absolute Gasteiger partial charge is 0.462 e. The van der Waals surface area contributed by atoms with E-state index in [2.05, 4.69) is 26.0 Å². The molecule has 0 amide bonds. The summed E-state index contributed by atoms with van der Waals surface area (Å²) in [7, 11) is 1.49. The number of nitrogens with zero attached hydrogens (tertiary/aromatic N) is 1. The number of hydrogen-bond donors (Lipinski definition) is 1. The van der Waals surface area contributed by atoms with E-state index < -0.39 is 26.5 Å². The monoisotopic (exact) mass is 999 g/mol. The molecule has 0 rings (SSSR count). The van der Waals surface area contributed by atoms with Crippen LogP contribution in [0.5, 0.6) is 0 Å². The molecule has 0 aliphatic heterocycles. The van der Waals surface area contributed by atoms with Crippen molar-refractivity contribution in [2.45, 2.75) is 309 Å². The van der Waals surface area contributed by atoms with Crippen LogP contribution in [0.4, 0.5) is 0 Å². The SMILES string of the molecule is CCCCCCCCCC/C=C\CCCCCCCCCCCCCCCCCCCCCCCCCCCC(=O)OC(COC(=O)CCCCCCCCCC)COP(=O)(O)OCC[N+](C)(C)C. The fourth-order valence-corrected chi connectivity index (χ4v) is 9.64. The molecule has 0 aromatic heterocycles. The second kappa shape index (κ2) is 51.6. The molecule has 1 N–H and O–H groups in total. The third kappa shape index (κ3) is 55.9. The highest BCUT2D eigenvalue weighted by molar-refractivity contribution is 7.47. The number of ether oxygens (including phenoxy) is 2. The Morgan fingerprint density at radius 3 is 1.07 bits per heavy atom. The van der Waals surface area contributed by atoms with Crippen molar-refractivity contribution in [3.8, 4) is 0 Å². The Labute approximate surface area is 428 Å². The second-order valence-electron chi connectivity index (χ2n) is 21.7. The first kappa shape index (κ1) is 67.8. The third-order valence-electron chi connectivity index (χ3n) is 13.5. The van der Waals surface area contributed by atoms with Gasteiger partial charge in [0.05, 0.1) is 27.7 Å². The summed E-state index contributed by atoms with van der Waals surface area (Å²) in [5.74, 6) is -0.786. The molecule has 0 saturated carbocycles. The van der Waals surface area contributed by atoms with Crippen LogP contribution in [0, 0.1) is 0 Å². The maximum Gasteiger partial charge on any atom is 0.472 e. The Bertz CT molecular complexity index is 1180. The number of esters is 2. The average molecular weight is 1000 g/mol. The van der Waals surface area contributed by atoms with Gasteiger partial charge in [-0.15, -0.1) is 0 Å². The van der Waals surface area contributed by atoms with E-state index >= 15 is 0 Å². The molecule has 2 unspecified atom stereocenters. The van der Waals surface area contributed by atoms with E-state index in [1.165, 1.54) is 238 Å². The van der Waals surface area contributed by atoms with Gasteiger partial charge in [-0.25, -0.2) is 4.57 Å². The van der Waals surface area contributed by atoms with Gasteiger partial charge in [0.2, 0.25) is 0 Å². The zero-order valence-electron chi connectivity index (χ0n) is 46.6. The lowest BCUT2D eigenvalue weighted by Crippen LogP contribution is -2.37. The molecule has 0 aliphatic rings. The summed E-state index contributed by atoms with van der Waals surface area (Å²) >= 11 is 0. The summed E-state index contributed by atoms with van der Waals surface area (Å²) in [6, 6.07) is 0. The van der Waals surface area contributed by atoms with Gasteiger partial charge in [-0.05, 0) is 38.5 Å². The summed E-state index contributed by atoms with van der Waals surface area (Å²) in [5, 5.41) is 0. The van der Waals surface area contributed by atoms with Gasteiger partial charge in [0.15, 0.2) is 6.10 Å². The number of likely N-dealkylation sites (N-methyl/N-ethyl adjacent to an activating group) is 1. The summed E-state index contributed by atoms with van der Waals surface area (Å²) in [4.78, 5) is 35.4. The van der Waals surface area contributed by atoms with Crippen molar-refractivity contribution < 1.29 is 42.1 Å². The minimum Gasteiger partial charge on any atom is -0.462 e. The normalized spacial score (nSPS) is 13.3. The van der Waals surface area contributed by atoms with Gasteiger partial charge in [0, 0.05) is 12.8 Å². The fraction of sp³-hybridized carbons (Fsp3) is 0.932. The number of carbonyl (C=O) groups is 2. The molecule has 0 fully saturated rings. The lowest BCUT2D eigenvalue weighted by atomic mass is 10.0. The highest BCUT2D eigenvalue weighted by Crippen LogP contribution is 2.43. The first-order chi connectivity index (χ1) is 33.5. The van der Waals surface area contributed by atoms with Crippen LogP contribution in [0.1, 0.15) is 303 Å². The van der Waals surface area contributed by atoms with Gasteiger partial charge in [0.1, 0.15) is 19.8 Å². The number of allylic oxidation sites excluding steroid dienone is 2. The number of carbonyl (C=O) groups excluding carboxylic acids is 2. The van der Waals surface area contributed by atoms with E-state index in [4.69, 9.17) is 18.5 Å². The number of hydrogen-bond acceptors (Lipinski definition) is 7. The molecule has 2 atom stereocenters. The van der Waals surface area contributed by atoms with Gasteiger partial charge in [-0.2, -0.15) is 0 Å². The van der Waals surface area contributed by atoms with E-state index in [0.29, 0.717) is 17.4 Å². The molecule has 0 aromatic carbocycles. The van der Waals surface area contributed by atoms with Crippen LogP contribution in [-0.2, 0) is 32.7 Å². The van der Waals surface area contributed by atoms with E-state index in [0.717, 1.165) is 38.5 Å². The lowest BCUT2D eigenvalue weighted by molar-refractivity contribution is -0.870. The highest BCUT2D eigenvalue weighted by atomic mass is 31.2. The van der Waals surface area contributed by atoms with Crippen LogP contribution in [0.25, 0.3) is 0 Å². The molecule has 0 bridgehead atoms. The minimum atomic E-state index is -4.37. The molecule has 0 aromatic rings. The quantitative estimate of drug-likeness (QED) is 0.0211. The molecule has 0 radical (unpaired) electrons. The van der Waals surface area contributed by atoms with Crippen molar-refractivity contribution in [3.63, 3.8) is 0 Å². The van der Waals surface area contributed by atoms with Crippen LogP contribution < -0.4 is 0 Å². The van der Waals surface area contributed by atoms with Crippen molar-refractivity contribution >= 4 is 19.8 Å². The molecule has 410 valence electrons. The standard InChI is InChI=1S/C59H116NO8P/c1-6-8-10-12-14-16-17-18-19-20-21-22-23-24-25-26-27-28-29-30-31-32-33-34-35-36-37-38-39-40-41-42-43-44-46-48-50-52-59(62)68-57(56-67-69(63,64)66-54-53-60(3,4)5)55-65-58(61)51-49-47-45-15-13-11-9-7-2/h20-21,57H,6-19,22-56H2,1-5H3/p+1/b21-20-. The summed E-state index contributed by atoms with van der Waals surface area (Å²) in [5.41, 5.74) is 0. The van der Waals surface area contributed by atoms with E-state index in [1.807, 2.05) is 21.1 Å². The van der Waals surface area contributed by atoms with Crippen LogP contribution in [0.2, 0.25) is 0 Å². The van der Waals surface area contributed by atoms with Crippen molar-refractivity contribution in [2.24, 2.45) is 0 Å². The van der Waals surface area contributed by atoms with Crippen molar-refractivity contribution in [2.75, 3.05) is 47.5 Å². The van der Waals surface area contributed by atoms with Gasteiger partial charge in [-0.3, -0.25) is 18.6 Å². The average Bonchev–Trinajstić information content (AvgIpc) is 3.31. The third-order valence-corrected chi connectivity index (χ3v) is 14.5. The van der Waals surface area contributed by atoms with E-state index in [1.54, 1.807) is 0 Å². The lowest BCUT2D eigenvalue weighted by Gasteiger charge is -2.24. The minimum absolute atomic E-state index is 0.0360. The predicted molar refractivity (Wildman–Crippen MR) is 294 cm³/mol. The fourth-order valence-electron chi connectivity index (χ4n) is 8.90. The Hall–Kier alpha value is -1.25. The predicted octanol–water partition coefficient (Wildman–Crippen LogP) is 18.4. The van der Waals surface area contributed by atoms with Gasteiger partial charge >= 0.3 is 19.8 Å². The van der Waals surface area contributed by atoms with Gasteiger partial charge in [-0.1, -0.05) is 264 Å². The maximum absolute atomic E-state index is 12.7. The van der Waals surface area contributed by atoms with Crippen molar-refractivity contribution in [1.82, 2.24) is 0 Å².